The molecule has 3 rings (SSSR count). The van der Waals surface area contributed by atoms with Crippen LogP contribution in [-0.2, 0) is 12.7 Å². The molecule has 0 aliphatic heterocycles. The summed E-state index contributed by atoms with van der Waals surface area (Å²) in [4.78, 5) is 23.1. The normalized spacial score (nSPS) is 13.0. The van der Waals surface area contributed by atoms with Crippen molar-refractivity contribution in [3.63, 3.8) is 0 Å². The molecule has 0 aliphatic rings. The summed E-state index contributed by atoms with van der Waals surface area (Å²) in [5.41, 5.74) is 0.623. The van der Waals surface area contributed by atoms with Gasteiger partial charge in [0.2, 0.25) is 5.82 Å². The second-order valence-electron chi connectivity index (χ2n) is 7.10. The summed E-state index contributed by atoms with van der Waals surface area (Å²) in [5, 5.41) is 12.1. The molecule has 0 bridgehead atoms. The lowest BCUT2D eigenvalue weighted by atomic mass is 9.99. The Labute approximate surface area is 183 Å². The van der Waals surface area contributed by atoms with Crippen LogP contribution >= 0.6 is 0 Å². The molecule has 0 fully saturated rings. The summed E-state index contributed by atoms with van der Waals surface area (Å²) in [7, 11) is 0. The first-order valence-corrected chi connectivity index (χ1v) is 9.33. The number of rotatable bonds is 5. The van der Waals surface area contributed by atoms with Gasteiger partial charge in [-0.05, 0) is 42.3 Å². The molecule has 2 N–H and O–H groups in total. The first-order valence-electron chi connectivity index (χ1n) is 9.33. The van der Waals surface area contributed by atoms with E-state index in [4.69, 9.17) is 0 Å². The summed E-state index contributed by atoms with van der Waals surface area (Å²) in [5.74, 6) is -2.17. The van der Waals surface area contributed by atoms with E-state index in [0.29, 0.717) is 0 Å². The Hall–Kier alpha value is -3.54. The number of benzene rings is 1. The molecule has 1 aromatic carbocycles. The molecule has 0 spiro atoms. The van der Waals surface area contributed by atoms with Gasteiger partial charge < -0.3 is 10.4 Å². The van der Waals surface area contributed by atoms with Crippen LogP contribution in [0.5, 0.6) is 0 Å². The third-order valence-corrected chi connectivity index (χ3v) is 4.46. The Kier molecular flexibility index (Phi) is 6.68. The van der Waals surface area contributed by atoms with E-state index >= 15 is 0 Å². The molecule has 3 aromatic rings. The zero-order valence-corrected chi connectivity index (χ0v) is 16.9. The van der Waals surface area contributed by atoms with E-state index in [0.717, 1.165) is 30.1 Å². The van der Waals surface area contributed by atoms with Gasteiger partial charge in [-0.3, -0.25) is 9.78 Å². The number of amides is 1. The van der Waals surface area contributed by atoms with Crippen LogP contribution in [0.25, 0.3) is 11.3 Å². The number of nitrogens with one attached hydrogen (secondary N) is 1. The number of nitrogens with zero attached hydrogens (tertiary/aromatic N) is 3. The second kappa shape index (κ2) is 9.14. The van der Waals surface area contributed by atoms with Gasteiger partial charge in [0.05, 0.1) is 5.69 Å². The fraction of sp³-hybridized carbons (Fsp3) is 0.238. The number of carbonyl (C=O) groups is 1. The fourth-order valence-corrected chi connectivity index (χ4v) is 2.79. The van der Waals surface area contributed by atoms with Gasteiger partial charge >= 0.3 is 12.4 Å². The molecule has 2 aromatic heterocycles. The standard InChI is InChI=1S/C21H16F6N4O2/c1-11-2-3-16(28-7-11)13-4-14(17(32)20(22,23)24)6-15(5-13)18(33)29-8-12-9-30-19(31-10-12)21(25,26)27/h2-7,9-10,17,32H,8H2,1H3,(H,29,33). The van der Waals surface area contributed by atoms with Gasteiger partial charge in [0.15, 0.2) is 6.10 Å². The molecular weight excluding hydrogens is 454 g/mol. The van der Waals surface area contributed by atoms with Crippen molar-refractivity contribution in [1.82, 2.24) is 20.3 Å². The number of pyridine rings is 1. The van der Waals surface area contributed by atoms with Gasteiger partial charge in [-0.1, -0.05) is 6.07 Å². The molecule has 1 unspecified atom stereocenters. The number of halogens is 6. The van der Waals surface area contributed by atoms with Crippen molar-refractivity contribution < 1.29 is 36.2 Å². The lowest BCUT2D eigenvalue weighted by Gasteiger charge is -2.17. The summed E-state index contributed by atoms with van der Waals surface area (Å²) >= 11 is 0. The van der Waals surface area contributed by atoms with Crippen molar-refractivity contribution in [1.29, 1.82) is 0 Å². The Balaban J connectivity index is 1.87. The maximum atomic E-state index is 13.1. The van der Waals surface area contributed by atoms with Crippen LogP contribution in [0, 0.1) is 6.92 Å². The first kappa shape index (κ1) is 24.1. The zero-order chi connectivity index (χ0) is 24.4. The summed E-state index contributed by atoms with van der Waals surface area (Å²) in [6.45, 7) is 1.49. The van der Waals surface area contributed by atoms with Crippen LogP contribution in [0.1, 0.15) is 39.0 Å². The summed E-state index contributed by atoms with van der Waals surface area (Å²) in [6, 6.07) is 6.49. The van der Waals surface area contributed by atoms with Crippen LogP contribution in [0.15, 0.2) is 48.9 Å². The highest BCUT2D eigenvalue weighted by molar-refractivity contribution is 5.95. The molecule has 0 aliphatic carbocycles. The smallest absolute Gasteiger partial charge is 0.379 e. The van der Waals surface area contributed by atoms with Crippen LogP contribution in [0.4, 0.5) is 26.3 Å². The predicted molar refractivity (Wildman–Crippen MR) is 104 cm³/mol. The van der Waals surface area contributed by atoms with Crippen molar-refractivity contribution in [3.05, 3.63) is 77.0 Å². The largest absolute Gasteiger partial charge is 0.451 e. The highest BCUT2D eigenvalue weighted by atomic mass is 19.4. The molecule has 12 heteroatoms. The van der Waals surface area contributed by atoms with E-state index in [1.54, 1.807) is 19.1 Å². The average molecular weight is 470 g/mol. The molecule has 2 heterocycles. The van der Waals surface area contributed by atoms with E-state index in [-0.39, 0.29) is 28.9 Å². The lowest BCUT2D eigenvalue weighted by molar-refractivity contribution is -0.206. The number of hydrogen-bond donors (Lipinski definition) is 2. The highest BCUT2D eigenvalue weighted by Crippen LogP contribution is 2.35. The highest BCUT2D eigenvalue weighted by Gasteiger charge is 2.40. The monoisotopic (exact) mass is 470 g/mol. The van der Waals surface area contributed by atoms with E-state index in [9.17, 15) is 36.2 Å². The van der Waals surface area contributed by atoms with Crippen LogP contribution in [-0.4, -0.2) is 32.1 Å². The van der Waals surface area contributed by atoms with Crippen molar-refractivity contribution >= 4 is 5.91 Å². The number of aliphatic hydroxyl groups is 1. The average Bonchev–Trinajstić information content (AvgIpc) is 2.76. The Morgan fingerprint density at radius 2 is 1.67 bits per heavy atom. The fourth-order valence-electron chi connectivity index (χ4n) is 2.79. The molecule has 1 amide bonds. The predicted octanol–water partition coefficient (Wildman–Crippen LogP) is 4.39. The minimum absolute atomic E-state index is 0.142. The van der Waals surface area contributed by atoms with Gasteiger partial charge in [0.25, 0.3) is 5.91 Å². The first-order chi connectivity index (χ1) is 15.3. The van der Waals surface area contributed by atoms with Gasteiger partial charge in [-0.2, -0.15) is 26.3 Å². The van der Waals surface area contributed by atoms with Gasteiger partial charge in [0, 0.05) is 41.8 Å². The molecule has 0 saturated carbocycles. The molecule has 6 nitrogen and oxygen atoms in total. The summed E-state index contributed by atoms with van der Waals surface area (Å²) in [6.07, 6.45) is -9.28. The third kappa shape index (κ3) is 6.04. The Bertz CT molecular complexity index is 1130. The molecule has 0 radical (unpaired) electrons. The number of alkyl halides is 6. The quantitative estimate of drug-likeness (QED) is 0.540. The van der Waals surface area contributed by atoms with Crippen molar-refractivity contribution in [3.8, 4) is 11.3 Å². The molecular formula is C21H16F6N4O2. The third-order valence-electron chi connectivity index (χ3n) is 4.46. The Morgan fingerprint density at radius 1 is 1.00 bits per heavy atom. The van der Waals surface area contributed by atoms with Crippen molar-refractivity contribution in [2.45, 2.75) is 31.9 Å². The number of aromatic nitrogens is 3. The van der Waals surface area contributed by atoms with Gasteiger partial charge in [0.1, 0.15) is 0 Å². The number of carbonyl (C=O) groups excluding carboxylic acids is 1. The van der Waals surface area contributed by atoms with Crippen molar-refractivity contribution in [2.75, 3.05) is 0 Å². The van der Waals surface area contributed by atoms with Gasteiger partial charge in [-0.25, -0.2) is 9.97 Å². The Morgan fingerprint density at radius 3 is 2.21 bits per heavy atom. The number of aliphatic hydroxyl groups excluding tert-OH is 1. The van der Waals surface area contributed by atoms with Gasteiger partial charge in [-0.15, -0.1) is 0 Å². The number of aryl methyl sites for hydroxylation is 1. The van der Waals surface area contributed by atoms with E-state index < -0.39 is 35.8 Å². The maximum absolute atomic E-state index is 13.1. The van der Waals surface area contributed by atoms with Crippen LogP contribution in [0.3, 0.4) is 0 Å². The topological polar surface area (TPSA) is 88.0 Å². The second-order valence-corrected chi connectivity index (χ2v) is 7.10. The SMILES string of the molecule is Cc1ccc(-c2cc(C(=O)NCc3cnc(C(F)(F)F)nc3)cc(C(O)C(F)(F)F)c2)nc1. The molecule has 1 atom stereocenters. The minimum Gasteiger partial charge on any atom is -0.379 e. The minimum atomic E-state index is -4.97. The van der Waals surface area contributed by atoms with Crippen molar-refractivity contribution in [2.24, 2.45) is 0 Å². The molecule has 33 heavy (non-hydrogen) atoms. The van der Waals surface area contributed by atoms with Crippen LogP contribution in [0.2, 0.25) is 0 Å². The maximum Gasteiger partial charge on any atom is 0.451 e. The zero-order valence-electron chi connectivity index (χ0n) is 16.9. The van der Waals surface area contributed by atoms with E-state index in [2.05, 4.69) is 20.3 Å². The van der Waals surface area contributed by atoms with E-state index in [1.807, 2.05) is 0 Å². The summed E-state index contributed by atoms with van der Waals surface area (Å²) < 4.78 is 76.9. The lowest BCUT2D eigenvalue weighted by Crippen LogP contribution is -2.25. The molecule has 174 valence electrons. The number of hydrogen-bond acceptors (Lipinski definition) is 5. The van der Waals surface area contributed by atoms with Crippen LogP contribution < -0.4 is 5.32 Å². The molecule has 0 saturated heterocycles. The van der Waals surface area contributed by atoms with E-state index in [1.165, 1.54) is 12.3 Å².